The van der Waals surface area contributed by atoms with Crippen LogP contribution in [0, 0.1) is 0 Å². The molecule has 0 bridgehead atoms. The Morgan fingerprint density at radius 2 is 1.72 bits per heavy atom. The number of nitrogens with zero attached hydrogens (tertiary/aromatic N) is 4. The van der Waals surface area contributed by atoms with Gasteiger partial charge in [0.25, 0.3) is 5.56 Å². The van der Waals surface area contributed by atoms with Crippen LogP contribution in [0.3, 0.4) is 0 Å². The first-order valence-electron chi connectivity index (χ1n) is 9.56. The van der Waals surface area contributed by atoms with Gasteiger partial charge in [0.15, 0.2) is 11.0 Å². The molecule has 0 amide bonds. The third kappa shape index (κ3) is 3.96. The van der Waals surface area contributed by atoms with Crippen LogP contribution in [-0.2, 0) is 5.75 Å². The number of fused-ring (bicyclic) bond motifs is 1. The third-order valence-corrected chi connectivity index (χ3v) is 5.71. The van der Waals surface area contributed by atoms with Gasteiger partial charge in [-0.2, -0.15) is 4.98 Å². The van der Waals surface area contributed by atoms with Crippen molar-refractivity contribution in [2.75, 3.05) is 0 Å². The normalized spacial score (nSPS) is 12.6. The highest BCUT2D eigenvalue weighted by Crippen LogP contribution is 2.27. The van der Waals surface area contributed by atoms with Crippen LogP contribution in [-0.4, -0.2) is 19.7 Å². The van der Waals surface area contributed by atoms with Gasteiger partial charge in [-0.15, -0.1) is 0 Å². The van der Waals surface area contributed by atoms with Gasteiger partial charge in [0.05, 0.1) is 22.7 Å². The van der Waals surface area contributed by atoms with E-state index in [4.69, 9.17) is 9.51 Å². The first kappa shape index (κ1) is 19.4. The first-order chi connectivity index (χ1) is 14.0. The number of para-hydroxylation sites is 1. The highest BCUT2D eigenvalue weighted by atomic mass is 32.2. The quantitative estimate of drug-likeness (QED) is 0.338. The molecule has 0 aliphatic heterocycles. The molecule has 2 aromatic heterocycles. The van der Waals surface area contributed by atoms with E-state index in [1.165, 1.54) is 11.8 Å². The minimum atomic E-state index is -0.155. The van der Waals surface area contributed by atoms with Crippen molar-refractivity contribution in [1.82, 2.24) is 19.7 Å². The fourth-order valence-electron chi connectivity index (χ4n) is 3.14. The van der Waals surface area contributed by atoms with Crippen molar-refractivity contribution in [3.05, 3.63) is 82.2 Å². The molecule has 0 N–H and O–H groups in total. The molecule has 0 spiro atoms. The van der Waals surface area contributed by atoms with Gasteiger partial charge in [0, 0.05) is 5.92 Å². The number of thioether (sulfide) groups is 1. The standard InChI is InChI=1S/C22H22N4O2S/c1-14(2)20-24-19(28-25-20)13-29-22-23-18-12-8-7-11-17(18)21(27)26(22)15(3)16-9-5-4-6-10-16/h4-12,14-15H,13H2,1-3H3/t15-/m0/s1. The summed E-state index contributed by atoms with van der Waals surface area (Å²) in [7, 11) is 0. The van der Waals surface area contributed by atoms with E-state index in [0.29, 0.717) is 33.5 Å². The second-order valence-corrected chi connectivity index (χ2v) is 8.11. The SMILES string of the molecule is CC(C)c1noc(CSc2nc3ccccc3c(=O)n2[C@@H](C)c2ccccc2)n1. The molecule has 4 rings (SSSR count). The summed E-state index contributed by atoms with van der Waals surface area (Å²) in [5.41, 5.74) is 1.68. The Morgan fingerprint density at radius 1 is 1.00 bits per heavy atom. The van der Waals surface area contributed by atoms with E-state index in [0.717, 1.165) is 5.56 Å². The number of hydrogen-bond donors (Lipinski definition) is 0. The van der Waals surface area contributed by atoms with E-state index in [9.17, 15) is 4.79 Å². The van der Waals surface area contributed by atoms with Crippen molar-refractivity contribution in [1.29, 1.82) is 0 Å². The van der Waals surface area contributed by atoms with Gasteiger partial charge in [-0.1, -0.05) is 73.2 Å². The summed E-state index contributed by atoms with van der Waals surface area (Å²) >= 11 is 1.43. The summed E-state index contributed by atoms with van der Waals surface area (Å²) in [5.74, 6) is 1.86. The van der Waals surface area contributed by atoms with Gasteiger partial charge < -0.3 is 4.52 Å². The largest absolute Gasteiger partial charge is 0.338 e. The van der Waals surface area contributed by atoms with E-state index >= 15 is 0 Å². The first-order valence-corrected chi connectivity index (χ1v) is 10.5. The monoisotopic (exact) mass is 406 g/mol. The third-order valence-electron chi connectivity index (χ3n) is 4.77. The average molecular weight is 407 g/mol. The highest BCUT2D eigenvalue weighted by molar-refractivity contribution is 7.98. The molecule has 2 aromatic carbocycles. The smallest absolute Gasteiger partial charge is 0.262 e. The summed E-state index contributed by atoms with van der Waals surface area (Å²) < 4.78 is 7.11. The molecule has 0 aliphatic carbocycles. The molecular formula is C22H22N4O2S. The van der Waals surface area contributed by atoms with Crippen LogP contribution in [0.1, 0.15) is 50.0 Å². The van der Waals surface area contributed by atoms with Crippen LogP contribution < -0.4 is 5.56 Å². The molecule has 1 atom stereocenters. The minimum absolute atomic E-state index is 0.0529. The van der Waals surface area contributed by atoms with Crippen LogP contribution in [0.5, 0.6) is 0 Å². The molecule has 0 radical (unpaired) electrons. The molecule has 7 heteroatoms. The topological polar surface area (TPSA) is 73.8 Å². The Balaban J connectivity index is 1.75. The fourth-order valence-corrected chi connectivity index (χ4v) is 4.05. The van der Waals surface area contributed by atoms with Gasteiger partial charge >= 0.3 is 0 Å². The molecule has 0 saturated heterocycles. The number of benzene rings is 2. The lowest BCUT2D eigenvalue weighted by molar-refractivity contribution is 0.382. The Labute approximate surface area is 173 Å². The van der Waals surface area contributed by atoms with Crippen molar-refractivity contribution >= 4 is 22.7 Å². The van der Waals surface area contributed by atoms with Crippen LogP contribution >= 0.6 is 11.8 Å². The Hall–Kier alpha value is -2.93. The average Bonchev–Trinajstić information content (AvgIpc) is 3.22. The molecule has 0 saturated carbocycles. The van der Waals surface area contributed by atoms with Gasteiger partial charge in [0.1, 0.15) is 0 Å². The summed E-state index contributed by atoms with van der Waals surface area (Å²) in [6, 6.07) is 17.2. The molecule has 6 nitrogen and oxygen atoms in total. The zero-order valence-corrected chi connectivity index (χ0v) is 17.4. The van der Waals surface area contributed by atoms with Gasteiger partial charge in [-0.25, -0.2) is 4.98 Å². The van der Waals surface area contributed by atoms with E-state index in [-0.39, 0.29) is 17.5 Å². The zero-order chi connectivity index (χ0) is 20.4. The van der Waals surface area contributed by atoms with Gasteiger partial charge in [0.2, 0.25) is 5.89 Å². The molecule has 0 fully saturated rings. The maximum absolute atomic E-state index is 13.3. The summed E-state index contributed by atoms with van der Waals surface area (Å²) in [6.07, 6.45) is 0. The lowest BCUT2D eigenvalue weighted by Gasteiger charge is -2.19. The Kier molecular flexibility index (Phi) is 5.49. The van der Waals surface area contributed by atoms with Crippen molar-refractivity contribution < 1.29 is 4.52 Å². The minimum Gasteiger partial charge on any atom is -0.338 e. The molecule has 2 heterocycles. The second-order valence-electron chi connectivity index (χ2n) is 7.16. The van der Waals surface area contributed by atoms with Crippen molar-refractivity contribution in [2.24, 2.45) is 0 Å². The van der Waals surface area contributed by atoms with Crippen molar-refractivity contribution in [2.45, 2.75) is 43.6 Å². The second kappa shape index (κ2) is 8.21. The van der Waals surface area contributed by atoms with E-state index < -0.39 is 0 Å². The maximum Gasteiger partial charge on any atom is 0.262 e. The van der Waals surface area contributed by atoms with Crippen LogP contribution in [0.25, 0.3) is 10.9 Å². The number of rotatable bonds is 6. The van der Waals surface area contributed by atoms with E-state index in [2.05, 4.69) is 10.1 Å². The van der Waals surface area contributed by atoms with Gasteiger partial charge in [-0.3, -0.25) is 9.36 Å². The van der Waals surface area contributed by atoms with E-state index in [1.807, 2.05) is 75.4 Å². The Morgan fingerprint density at radius 3 is 2.45 bits per heavy atom. The molecule has 148 valence electrons. The molecule has 0 aliphatic rings. The van der Waals surface area contributed by atoms with Crippen molar-refractivity contribution in [3.63, 3.8) is 0 Å². The van der Waals surface area contributed by atoms with Crippen LogP contribution in [0.15, 0.2) is 69.1 Å². The van der Waals surface area contributed by atoms with Crippen LogP contribution in [0.4, 0.5) is 0 Å². The molecule has 4 aromatic rings. The number of hydrogen-bond acceptors (Lipinski definition) is 6. The van der Waals surface area contributed by atoms with E-state index in [1.54, 1.807) is 4.57 Å². The molecule has 29 heavy (non-hydrogen) atoms. The fraction of sp³-hybridized carbons (Fsp3) is 0.273. The molecular weight excluding hydrogens is 384 g/mol. The highest BCUT2D eigenvalue weighted by Gasteiger charge is 2.19. The Bertz CT molecular complexity index is 1180. The summed E-state index contributed by atoms with van der Waals surface area (Å²) in [6.45, 7) is 6.05. The molecule has 0 unspecified atom stereocenters. The van der Waals surface area contributed by atoms with Gasteiger partial charge in [-0.05, 0) is 24.6 Å². The number of aromatic nitrogens is 4. The predicted octanol–water partition coefficient (Wildman–Crippen LogP) is 4.80. The predicted molar refractivity (Wildman–Crippen MR) is 114 cm³/mol. The van der Waals surface area contributed by atoms with Crippen LogP contribution in [0.2, 0.25) is 0 Å². The lowest BCUT2D eigenvalue weighted by atomic mass is 10.1. The zero-order valence-electron chi connectivity index (χ0n) is 16.6. The van der Waals surface area contributed by atoms with Crippen molar-refractivity contribution in [3.8, 4) is 0 Å². The summed E-state index contributed by atoms with van der Waals surface area (Å²) in [5, 5.41) is 5.26. The lowest BCUT2D eigenvalue weighted by Crippen LogP contribution is -2.27. The maximum atomic E-state index is 13.3. The summed E-state index contributed by atoms with van der Waals surface area (Å²) in [4.78, 5) is 22.5.